The summed E-state index contributed by atoms with van der Waals surface area (Å²) >= 11 is 0. The molecule has 36 heavy (non-hydrogen) atoms. The summed E-state index contributed by atoms with van der Waals surface area (Å²) in [6, 6.07) is 0. The van der Waals surface area contributed by atoms with E-state index in [4.69, 9.17) is 9.47 Å². The van der Waals surface area contributed by atoms with E-state index in [0.717, 1.165) is 5.92 Å². The lowest BCUT2D eigenvalue weighted by Crippen LogP contribution is -2.51. The fourth-order valence-electron chi connectivity index (χ4n) is 4.23. The van der Waals surface area contributed by atoms with Gasteiger partial charge in [-0.2, -0.15) is 40.2 Å². The molecule has 1 fully saturated rings. The number of carbonyl (C=O) groups is 3. The Morgan fingerprint density at radius 2 is 1.50 bits per heavy atom. The van der Waals surface area contributed by atoms with Gasteiger partial charge >= 0.3 is 30.3 Å². The molecular formula is C24H35F6O6-. The van der Waals surface area contributed by atoms with Crippen LogP contribution in [-0.4, -0.2) is 48.6 Å². The van der Waals surface area contributed by atoms with Gasteiger partial charge in [-0.05, 0) is 17.3 Å². The minimum Gasteiger partial charge on any atom is -0.462 e. The number of hydrogen-bond acceptors (Lipinski definition) is 6. The van der Waals surface area contributed by atoms with Gasteiger partial charge in [0.15, 0.2) is 0 Å². The monoisotopic (exact) mass is 533 g/mol. The number of cyclic esters (lactones) is 1. The van der Waals surface area contributed by atoms with Crippen LogP contribution in [-0.2, 0) is 28.6 Å². The van der Waals surface area contributed by atoms with Crippen molar-refractivity contribution in [3.63, 3.8) is 0 Å². The summed E-state index contributed by atoms with van der Waals surface area (Å²) in [6.07, 6.45) is -18.8. The molecule has 6 nitrogen and oxygen atoms in total. The third kappa shape index (κ3) is 8.54. The van der Waals surface area contributed by atoms with E-state index in [1.807, 2.05) is 13.8 Å². The molecular weight excluding hydrogens is 498 g/mol. The highest BCUT2D eigenvalue weighted by Crippen LogP contribution is 2.51. The fraction of sp³-hybridized carbons (Fsp3) is 0.833. The van der Waals surface area contributed by atoms with Crippen LogP contribution in [0.25, 0.3) is 0 Å². The maximum atomic E-state index is 13.5. The molecule has 0 aliphatic carbocycles. The Balaban J connectivity index is 3.36. The smallest absolute Gasteiger partial charge is 0.434 e. The zero-order chi connectivity index (χ0) is 28.5. The predicted molar refractivity (Wildman–Crippen MR) is 116 cm³/mol. The second kappa shape index (κ2) is 10.8. The second-order valence-electron chi connectivity index (χ2n) is 11.8. The molecule has 0 saturated carbocycles. The van der Waals surface area contributed by atoms with Crippen molar-refractivity contribution in [2.24, 2.45) is 16.2 Å². The first-order chi connectivity index (χ1) is 15.9. The van der Waals surface area contributed by atoms with Gasteiger partial charge in [0.2, 0.25) is 6.10 Å². The summed E-state index contributed by atoms with van der Waals surface area (Å²) in [4.78, 5) is 38.4. The number of hydrogen-bond donors (Lipinski definition) is 0. The first-order valence-electron chi connectivity index (χ1n) is 11.4. The molecule has 0 amide bonds. The van der Waals surface area contributed by atoms with Crippen molar-refractivity contribution in [1.82, 2.24) is 0 Å². The third-order valence-corrected chi connectivity index (χ3v) is 5.86. The van der Waals surface area contributed by atoms with Crippen molar-refractivity contribution in [2.75, 3.05) is 0 Å². The average molecular weight is 534 g/mol. The molecule has 1 heterocycles. The highest BCUT2D eigenvalue weighted by molar-refractivity contribution is 5.87. The summed E-state index contributed by atoms with van der Waals surface area (Å²) in [7, 11) is 0. The number of ether oxygens (including phenoxy) is 3. The zero-order valence-corrected chi connectivity index (χ0v) is 21.8. The van der Waals surface area contributed by atoms with E-state index in [2.05, 4.69) is 4.74 Å². The maximum absolute atomic E-state index is 13.5. The van der Waals surface area contributed by atoms with Crippen LogP contribution in [0.3, 0.4) is 0 Å². The van der Waals surface area contributed by atoms with Crippen LogP contribution in [0.1, 0.15) is 81.1 Å². The lowest BCUT2D eigenvalue weighted by Gasteiger charge is -2.45. The van der Waals surface area contributed by atoms with Crippen molar-refractivity contribution in [2.45, 2.75) is 112 Å². The van der Waals surface area contributed by atoms with Crippen molar-refractivity contribution < 1.29 is 54.9 Å². The average Bonchev–Trinajstić information content (AvgIpc) is 2.93. The van der Waals surface area contributed by atoms with Crippen molar-refractivity contribution in [1.29, 1.82) is 0 Å². The minimum atomic E-state index is -5.90. The SMILES string of the molecule is C[C-](C)CC1CC(OC(=O)C(CC(=O)OC(C(F)(F)F)C(F)(F)F)(CC(C)(C)C)C(C)(C)C)C(=O)O1. The lowest BCUT2D eigenvalue weighted by molar-refractivity contribution is -0.314. The summed E-state index contributed by atoms with van der Waals surface area (Å²) in [5, 5.41) is 0. The largest absolute Gasteiger partial charge is 0.462 e. The molecule has 0 aromatic rings. The Labute approximate surface area is 207 Å². The molecule has 3 unspecified atom stereocenters. The van der Waals surface area contributed by atoms with Crippen LogP contribution >= 0.6 is 0 Å². The molecule has 0 N–H and O–H groups in total. The van der Waals surface area contributed by atoms with Crippen LogP contribution in [0.5, 0.6) is 0 Å². The van der Waals surface area contributed by atoms with E-state index in [-0.39, 0.29) is 12.8 Å². The van der Waals surface area contributed by atoms with E-state index in [1.165, 1.54) is 20.8 Å². The van der Waals surface area contributed by atoms with E-state index < -0.39 is 71.2 Å². The van der Waals surface area contributed by atoms with E-state index in [0.29, 0.717) is 6.42 Å². The maximum Gasteiger partial charge on any atom is 0.434 e. The van der Waals surface area contributed by atoms with E-state index in [9.17, 15) is 40.7 Å². The van der Waals surface area contributed by atoms with Crippen LogP contribution in [0.2, 0.25) is 0 Å². The topological polar surface area (TPSA) is 78.9 Å². The summed E-state index contributed by atoms with van der Waals surface area (Å²) in [5.74, 6) is -2.82. The van der Waals surface area contributed by atoms with E-state index >= 15 is 0 Å². The lowest BCUT2D eigenvalue weighted by atomic mass is 9.58. The van der Waals surface area contributed by atoms with Crippen LogP contribution in [0.4, 0.5) is 26.3 Å². The van der Waals surface area contributed by atoms with Gasteiger partial charge in [-0.15, -0.1) is 6.42 Å². The second-order valence-corrected chi connectivity index (χ2v) is 11.8. The molecule has 1 aliphatic rings. The molecule has 0 aromatic heterocycles. The molecule has 3 atom stereocenters. The molecule has 1 rings (SSSR count). The number of halogens is 6. The zero-order valence-electron chi connectivity index (χ0n) is 21.8. The first kappa shape index (κ1) is 32.0. The van der Waals surface area contributed by atoms with Crippen LogP contribution in [0, 0.1) is 22.2 Å². The molecule has 0 spiro atoms. The molecule has 1 aliphatic heterocycles. The Morgan fingerprint density at radius 3 is 1.89 bits per heavy atom. The Morgan fingerprint density at radius 1 is 1.00 bits per heavy atom. The molecule has 1 saturated heterocycles. The molecule has 12 heteroatoms. The predicted octanol–water partition coefficient (Wildman–Crippen LogP) is 6.11. The van der Waals surface area contributed by atoms with Crippen LogP contribution in [0.15, 0.2) is 0 Å². The highest BCUT2D eigenvalue weighted by atomic mass is 19.4. The van der Waals surface area contributed by atoms with Crippen LogP contribution < -0.4 is 0 Å². The highest BCUT2D eigenvalue weighted by Gasteiger charge is 2.61. The van der Waals surface area contributed by atoms with Gasteiger partial charge in [0, 0.05) is 6.42 Å². The van der Waals surface area contributed by atoms with Gasteiger partial charge in [-0.25, -0.2) is 4.79 Å². The Hall–Kier alpha value is -2.01. The number of alkyl halides is 6. The van der Waals surface area contributed by atoms with Gasteiger partial charge < -0.3 is 20.1 Å². The molecule has 0 bridgehead atoms. The first-order valence-corrected chi connectivity index (χ1v) is 11.4. The fourth-order valence-corrected chi connectivity index (χ4v) is 4.23. The van der Waals surface area contributed by atoms with Crippen molar-refractivity contribution >= 4 is 17.9 Å². The molecule has 210 valence electrons. The Bertz CT molecular complexity index is 792. The van der Waals surface area contributed by atoms with Gasteiger partial charge in [0.25, 0.3) is 6.10 Å². The van der Waals surface area contributed by atoms with Crippen molar-refractivity contribution in [3.8, 4) is 0 Å². The molecule has 0 aromatic carbocycles. The molecule has 0 radical (unpaired) electrons. The minimum absolute atomic E-state index is 0.0279. The quantitative estimate of drug-likeness (QED) is 0.162. The van der Waals surface area contributed by atoms with E-state index in [1.54, 1.807) is 20.8 Å². The summed E-state index contributed by atoms with van der Waals surface area (Å²) in [5.41, 5.74) is -3.85. The number of rotatable bonds is 8. The standard InChI is InChI=1S/C24H35F6O6/c1-13(2)9-14-10-15(17(32)34-14)35-19(33)22(21(6,7)8,12-20(3,4)5)11-16(31)36-18(23(25,26)27)24(28,29)30/h14-15,18H,9-12H2,1-8H3/q-1. The van der Waals surface area contributed by atoms with Gasteiger partial charge in [-0.3, -0.25) is 9.59 Å². The number of carbonyl (C=O) groups excluding carboxylic acids is 3. The van der Waals surface area contributed by atoms with Gasteiger partial charge in [0.1, 0.15) is 0 Å². The summed E-state index contributed by atoms with van der Waals surface area (Å²) in [6.45, 7) is 13.2. The van der Waals surface area contributed by atoms with Gasteiger partial charge in [-0.1, -0.05) is 41.5 Å². The normalized spacial score (nSPS) is 21.4. The number of esters is 3. The Kier molecular flexibility index (Phi) is 9.58. The van der Waals surface area contributed by atoms with Gasteiger partial charge in [0.05, 0.1) is 17.9 Å². The summed E-state index contributed by atoms with van der Waals surface area (Å²) < 4.78 is 92.3. The third-order valence-electron chi connectivity index (χ3n) is 5.86. The van der Waals surface area contributed by atoms with Crippen molar-refractivity contribution in [3.05, 3.63) is 5.92 Å².